The van der Waals surface area contributed by atoms with Gasteiger partial charge in [0, 0.05) is 16.1 Å². The van der Waals surface area contributed by atoms with Gasteiger partial charge in [-0.1, -0.05) is 29.8 Å². The molecule has 1 spiro atoms. The standard InChI is InChI=1S/C23H19BrClN3O3/c1-11-9-12-19(14(25)10-11)26-22(31)23(12)18-17(16-7-4-8-27(16)23)20(29)28(21(18)30)15-6-3-2-5-13(15)24/h2-3,5-6,9-10,16-18H,4,7-8H2,1H3,(H,26,31)/t16-,17-,18-,23+/m0/s1. The summed E-state index contributed by atoms with van der Waals surface area (Å²) in [6, 6.07) is 10.8. The van der Waals surface area contributed by atoms with Gasteiger partial charge in [-0.15, -0.1) is 0 Å². The molecule has 0 aromatic heterocycles. The molecule has 0 saturated carbocycles. The minimum atomic E-state index is -1.21. The molecule has 0 unspecified atom stereocenters. The first kappa shape index (κ1) is 19.5. The molecule has 1 N–H and O–H groups in total. The van der Waals surface area contributed by atoms with Gasteiger partial charge >= 0.3 is 0 Å². The second-order valence-corrected chi connectivity index (χ2v) is 10.0. The van der Waals surface area contributed by atoms with Crippen LogP contribution >= 0.6 is 27.5 Å². The molecule has 3 saturated heterocycles. The van der Waals surface area contributed by atoms with Crippen LogP contribution in [0.5, 0.6) is 0 Å². The molecule has 4 aliphatic rings. The van der Waals surface area contributed by atoms with Crippen LogP contribution in [0.4, 0.5) is 11.4 Å². The predicted molar refractivity (Wildman–Crippen MR) is 120 cm³/mol. The number of hydrogen-bond acceptors (Lipinski definition) is 4. The Labute approximate surface area is 192 Å². The van der Waals surface area contributed by atoms with Crippen LogP contribution < -0.4 is 10.2 Å². The fourth-order valence-corrected chi connectivity index (χ4v) is 7.05. The summed E-state index contributed by atoms with van der Waals surface area (Å²) < 4.78 is 0.671. The van der Waals surface area contributed by atoms with Crippen molar-refractivity contribution in [3.63, 3.8) is 0 Å². The molecule has 2 aromatic rings. The van der Waals surface area contributed by atoms with Gasteiger partial charge in [-0.05, 0) is 66.0 Å². The average Bonchev–Trinajstić information content (AvgIpc) is 3.42. The third kappa shape index (κ3) is 2.24. The van der Waals surface area contributed by atoms with Crippen molar-refractivity contribution in [2.24, 2.45) is 11.8 Å². The first-order valence-electron chi connectivity index (χ1n) is 10.4. The van der Waals surface area contributed by atoms with Crippen molar-refractivity contribution >= 4 is 56.6 Å². The molecule has 158 valence electrons. The number of para-hydroxylation sites is 1. The first-order valence-corrected chi connectivity index (χ1v) is 11.6. The molecule has 3 amide bonds. The highest BCUT2D eigenvalue weighted by molar-refractivity contribution is 9.10. The van der Waals surface area contributed by atoms with E-state index in [4.69, 9.17) is 11.6 Å². The maximum absolute atomic E-state index is 13.9. The van der Waals surface area contributed by atoms with E-state index in [9.17, 15) is 14.4 Å². The van der Waals surface area contributed by atoms with Gasteiger partial charge in [0.15, 0.2) is 0 Å². The Hall–Kier alpha value is -2.22. The summed E-state index contributed by atoms with van der Waals surface area (Å²) in [6.07, 6.45) is 1.67. The highest BCUT2D eigenvalue weighted by Gasteiger charge is 2.74. The van der Waals surface area contributed by atoms with E-state index in [1.165, 1.54) is 4.90 Å². The van der Waals surface area contributed by atoms with Crippen molar-refractivity contribution in [3.8, 4) is 0 Å². The van der Waals surface area contributed by atoms with E-state index in [-0.39, 0.29) is 23.8 Å². The number of nitrogens with one attached hydrogen (secondary N) is 1. The number of carbonyl (C=O) groups is 3. The molecule has 4 heterocycles. The fraction of sp³-hybridized carbons (Fsp3) is 0.348. The van der Waals surface area contributed by atoms with Crippen LogP contribution in [0, 0.1) is 18.8 Å². The van der Waals surface area contributed by atoms with E-state index >= 15 is 0 Å². The van der Waals surface area contributed by atoms with Crippen molar-refractivity contribution in [1.82, 2.24) is 4.90 Å². The number of benzene rings is 2. The van der Waals surface area contributed by atoms with Gasteiger partial charge in [0.25, 0.3) is 5.91 Å². The van der Waals surface area contributed by atoms with Crippen molar-refractivity contribution < 1.29 is 14.4 Å². The number of nitrogens with zero attached hydrogens (tertiary/aromatic N) is 2. The highest BCUT2D eigenvalue weighted by atomic mass is 79.9. The van der Waals surface area contributed by atoms with Gasteiger partial charge in [-0.25, -0.2) is 4.90 Å². The Bertz CT molecular complexity index is 1200. The number of halogens is 2. The first-order chi connectivity index (χ1) is 14.9. The Balaban J connectivity index is 1.60. The summed E-state index contributed by atoms with van der Waals surface area (Å²) in [4.78, 5) is 44.6. The zero-order valence-corrected chi connectivity index (χ0v) is 19.0. The van der Waals surface area contributed by atoms with Gasteiger partial charge in [0.2, 0.25) is 11.8 Å². The van der Waals surface area contributed by atoms with Crippen LogP contribution in [0.2, 0.25) is 5.02 Å². The maximum Gasteiger partial charge on any atom is 0.250 e. The normalized spacial score (nSPS) is 31.4. The van der Waals surface area contributed by atoms with Gasteiger partial charge in [-0.3, -0.25) is 19.3 Å². The Kier molecular flexibility index (Phi) is 4.02. The average molecular weight is 501 g/mol. The molecular formula is C23H19BrClN3O3. The third-order valence-corrected chi connectivity index (χ3v) is 8.26. The molecule has 6 nitrogen and oxygen atoms in total. The minimum Gasteiger partial charge on any atom is -0.323 e. The van der Waals surface area contributed by atoms with Crippen molar-refractivity contribution in [3.05, 3.63) is 57.0 Å². The SMILES string of the molecule is Cc1cc(Cl)c2c(c1)[C@]1(C(=O)N2)[C@@H]2C(=O)N(c3ccccc3Br)C(=O)[C@H]2[C@@H]2CCCN21. The van der Waals surface area contributed by atoms with E-state index in [1.807, 2.05) is 31.2 Å². The van der Waals surface area contributed by atoms with Crippen LogP contribution in [-0.2, 0) is 19.9 Å². The van der Waals surface area contributed by atoms with E-state index in [1.54, 1.807) is 12.1 Å². The molecule has 2 aromatic carbocycles. The summed E-state index contributed by atoms with van der Waals surface area (Å²) >= 11 is 9.97. The lowest BCUT2D eigenvalue weighted by Crippen LogP contribution is -2.54. The number of aryl methyl sites for hydroxylation is 1. The van der Waals surface area contributed by atoms with Crippen molar-refractivity contribution in [2.45, 2.75) is 31.3 Å². The lowest BCUT2D eigenvalue weighted by molar-refractivity contribution is -0.135. The van der Waals surface area contributed by atoms with Crippen molar-refractivity contribution in [1.29, 1.82) is 0 Å². The minimum absolute atomic E-state index is 0.148. The number of hydrogen-bond donors (Lipinski definition) is 1. The lowest BCUT2D eigenvalue weighted by Gasteiger charge is -2.36. The molecule has 0 bridgehead atoms. The van der Waals surface area contributed by atoms with E-state index in [2.05, 4.69) is 26.1 Å². The summed E-state index contributed by atoms with van der Waals surface area (Å²) in [6.45, 7) is 2.59. The summed E-state index contributed by atoms with van der Waals surface area (Å²) in [5.74, 6) is -2.15. The number of carbonyl (C=O) groups excluding carboxylic acids is 3. The second-order valence-electron chi connectivity index (χ2n) is 8.76. The van der Waals surface area contributed by atoms with Gasteiger partial charge in [0.1, 0.15) is 5.54 Å². The number of fused-ring (bicyclic) bond motifs is 7. The van der Waals surface area contributed by atoms with Gasteiger partial charge in [0.05, 0.1) is 28.2 Å². The summed E-state index contributed by atoms with van der Waals surface area (Å²) in [7, 11) is 0. The largest absolute Gasteiger partial charge is 0.323 e. The molecule has 4 aliphatic heterocycles. The Morgan fingerprint density at radius 3 is 2.71 bits per heavy atom. The van der Waals surface area contributed by atoms with Crippen LogP contribution in [0.25, 0.3) is 0 Å². The number of rotatable bonds is 1. The predicted octanol–water partition coefficient (Wildman–Crippen LogP) is 3.84. The highest BCUT2D eigenvalue weighted by Crippen LogP contribution is 2.61. The molecule has 0 radical (unpaired) electrons. The molecule has 0 aliphatic carbocycles. The smallest absolute Gasteiger partial charge is 0.250 e. The quantitative estimate of drug-likeness (QED) is 0.604. The number of anilines is 2. The summed E-state index contributed by atoms with van der Waals surface area (Å²) in [5.41, 5.74) is 1.51. The van der Waals surface area contributed by atoms with Crippen molar-refractivity contribution in [2.75, 3.05) is 16.8 Å². The zero-order chi connectivity index (χ0) is 21.7. The van der Waals surface area contributed by atoms with Crippen LogP contribution in [0.1, 0.15) is 24.0 Å². The Morgan fingerprint density at radius 2 is 1.94 bits per heavy atom. The van der Waals surface area contributed by atoms with Crippen LogP contribution in [0.15, 0.2) is 40.9 Å². The van der Waals surface area contributed by atoms with E-state index < -0.39 is 17.4 Å². The molecule has 6 rings (SSSR count). The second kappa shape index (κ2) is 6.40. The molecule has 3 fully saturated rings. The fourth-order valence-electron chi connectivity index (χ4n) is 6.27. The summed E-state index contributed by atoms with van der Waals surface area (Å²) in [5, 5.41) is 3.41. The zero-order valence-electron chi connectivity index (χ0n) is 16.7. The van der Waals surface area contributed by atoms with Crippen LogP contribution in [0.3, 0.4) is 0 Å². The monoisotopic (exact) mass is 499 g/mol. The topological polar surface area (TPSA) is 69.7 Å². The molecule has 4 atom stereocenters. The lowest BCUT2D eigenvalue weighted by atomic mass is 9.75. The third-order valence-electron chi connectivity index (χ3n) is 7.29. The molecule has 8 heteroatoms. The Morgan fingerprint density at radius 1 is 1.16 bits per heavy atom. The van der Waals surface area contributed by atoms with E-state index in [0.29, 0.717) is 27.4 Å². The molecule has 31 heavy (non-hydrogen) atoms. The van der Waals surface area contributed by atoms with Crippen LogP contribution in [-0.4, -0.2) is 35.2 Å². The van der Waals surface area contributed by atoms with E-state index in [0.717, 1.165) is 24.0 Å². The molecular weight excluding hydrogens is 482 g/mol. The number of imide groups is 1. The van der Waals surface area contributed by atoms with Gasteiger partial charge in [-0.2, -0.15) is 0 Å². The van der Waals surface area contributed by atoms with Gasteiger partial charge < -0.3 is 5.32 Å². The maximum atomic E-state index is 13.9. The number of amides is 3.